The van der Waals surface area contributed by atoms with Gasteiger partial charge in [0.25, 0.3) is 0 Å². The minimum Gasteiger partial charge on any atom is -0.342 e. The van der Waals surface area contributed by atoms with Gasteiger partial charge in [0.05, 0.1) is 11.5 Å². The van der Waals surface area contributed by atoms with Crippen molar-refractivity contribution in [2.45, 2.75) is 37.8 Å². The largest absolute Gasteiger partial charge is 0.342 e. The first kappa shape index (κ1) is 17.6. The molecule has 0 radical (unpaired) electrons. The van der Waals surface area contributed by atoms with E-state index >= 15 is 0 Å². The van der Waals surface area contributed by atoms with Gasteiger partial charge in [-0.05, 0) is 36.5 Å². The van der Waals surface area contributed by atoms with E-state index < -0.39 is 11.5 Å². The van der Waals surface area contributed by atoms with Gasteiger partial charge in [-0.3, -0.25) is 4.79 Å². The Kier molecular flexibility index (Phi) is 5.21. The molecule has 1 amide bonds. The number of hydrogen-bond acceptors (Lipinski definition) is 3. The molecular weight excluding hydrogens is 310 g/mol. The zero-order chi connectivity index (χ0) is 17.9. The number of carbonyl (C=O) groups excluding carboxylic acids is 1. The van der Waals surface area contributed by atoms with Gasteiger partial charge in [0.1, 0.15) is 0 Å². The van der Waals surface area contributed by atoms with Crippen molar-refractivity contribution in [1.29, 1.82) is 0 Å². The van der Waals surface area contributed by atoms with E-state index in [0.717, 1.165) is 42.6 Å². The van der Waals surface area contributed by atoms with Crippen LogP contribution in [-0.4, -0.2) is 23.9 Å². The minimum absolute atomic E-state index is 0.117. The maximum atomic E-state index is 13.3. The van der Waals surface area contributed by atoms with E-state index in [-0.39, 0.29) is 5.91 Å². The van der Waals surface area contributed by atoms with Crippen LogP contribution in [0, 0.1) is 0 Å². The lowest BCUT2D eigenvalue weighted by atomic mass is 9.75. The van der Waals surface area contributed by atoms with Gasteiger partial charge in [-0.2, -0.15) is 0 Å². The van der Waals surface area contributed by atoms with Gasteiger partial charge < -0.3 is 16.4 Å². The predicted molar refractivity (Wildman–Crippen MR) is 101 cm³/mol. The molecule has 3 rings (SSSR count). The van der Waals surface area contributed by atoms with Gasteiger partial charge in [-0.15, -0.1) is 0 Å². The molecule has 4 nitrogen and oxygen atoms in total. The first-order chi connectivity index (χ1) is 12.0. The quantitative estimate of drug-likeness (QED) is 0.881. The fraction of sp³-hybridized carbons (Fsp3) is 0.381. The maximum Gasteiger partial charge on any atom is 0.232 e. The highest BCUT2D eigenvalue weighted by Crippen LogP contribution is 2.37. The fourth-order valence-corrected chi connectivity index (χ4v) is 3.68. The molecule has 0 aliphatic carbocycles. The molecule has 1 heterocycles. The zero-order valence-electron chi connectivity index (χ0n) is 14.8. The van der Waals surface area contributed by atoms with Gasteiger partial charge >= 0.3 is 0 Å². The molecular formula is C21H27N3O. The van der Waals surface area contributed by atoms with Crippen molar-refractivity contribution in [3.05, 3.63) is 71.3 Å². The van der Waals surface area contributed by atoms with Crippen LogP contribution in [0.25, 0.3) is 0 Å². The van der Waals surface area contributed by atoms with Crippen LogP contribution in [0.5, 0.6) is 0 Å². The van der Waals surface area contributed by atoms with Gasteiger partial charge in [0, 0.05) is 19.6 Å². The van der Waals surface area contributed by atoms with Crippen molar-refractivity contribution in [3.63, 3.8) is 0 Å². The summed E-state index contributed by atoms with van der Waals surface area (Å²) in [5, 5.41) is 0. The summed E-state index contributed by atoms with van der Waals surface area (Å²) in [5.74, 6) is -0.299. The molecule has 25 heavy (non-hydrogen) atoms. The van der Waals surface area contributed by atoms with Gasteiger partial charge in [0.2, 0.25) is 5.91 Å². The van der Waals surface area contributed by atoms with E-state index in [1.807, 2.05) is 66.4 Å². The standard InChI is InChI=1S/C21H27N3O/c1-21(23,18-7-3-2-4-8-18)19(20(25)24-13-5-6-14-24)17-11-9-16(15-22)10-12-17/h2-4,7-12,19H,5-6,13-15,22-23H2,1H3. The van der Waals surface area contributed by atoms with E-state index in [2.05, 4.69) is 0 Å². The second-order valence-corrected chi connectivity index (χ2v) is 7.06. The first-order valence-corrected chi connectivity index (χ1v) is 8.96. The molecule has 0 bridgehead atoms. The number of nitrogens with two attached hydrogens (primary N) is 2. The first-order valence-electron chi connectivity index (χ1n) is 8.96. The summed E-state index contributed by atoms with van der Waals surface area (Å²) in [6.07, 6.45) is 2.13. The lowest BCUT2D eigenvalue weighted by Crippen LogP contribution is -2.48. The Balaban J connectivity index is 2.02. The highest BCUT2D eigenvalue weighted by atomic mass is 16.2. The normalized spacial score (nSPS) is 18.0. The Bertz CT molecular complexity index is 704. The second-order valence-electron chi connectivity index (χ2n) is 7.06. The van der Waals surface area contributed by atoms with Crippen LogP contribution in [0.15, 0.2) is 54.6 Å². The highest BCUT2D eigenvalue weighted by Gasteiger charge is 2.41. The summed E-state index contributed by atoms with van der Waals surface area (Å²) in [6, 6.07) is 17.9. The summed E-state index contributed by atoms with van der Waals surface area (Å²) < 4.78 is 0. The third-order valence-electron chi connectivity index (χ3n) is 5.21. The minimum atomic E-state index is -0.787. The fourth-order valence-electron chi connectivity index (χ4n) is 3.68. The third kappa shape index (κ3) is 3.60. The van der Waals surface area contributed by atoms with E-state index in [4.69, 9.17) is 11.5 Å². The van der Waals surface area contributed by atoms with Crippen LogP contribution in [-0.2, 0) is 16.9 Å². The number of benzene rings is 2. The van der Waals surface area contributed by atoms with Crippen molar-refractivity contribution in [3.8, 4) is 0 Å². The summed E-state index contributed by atoms with van der Waals surface area (Å²) >= 11 is 0. The number of rotatable bonds is 5. The Hall–Kier alpha value is -2.17. The Morgan fingerprint density at radius 1 is 1.08 bits per heavy atom. The molecule has 2 aromatic carbocycles. The Morgan fingerprint density at radius 2 is 1.68 bits per heavy atom. The molecule has 2 unspecified atom stereocenters. The van der Waals surface area contributed by atoms with Crippen LogP contribution >= 0.6 is 0 Å². The molecule has 0 spiro atoms. The van der Waals surface area contributed by atoms with Crippen LogP contribution in [0.2, 0.25) is 0 Å². The molecule has 1 aliphatic rings. The average Bonchev–Trinajstić information content (AvgIpc) is 3.18. The molecule has 2 aromatic rings. The number of nitrogens with zero attached hydrogens (tertiary/aromatic N) is 1. The van der Waals surface area contributed by atoms with Crippen LogP contribution < -0.4 is 11.5 Å². The second kappa shape index (κ2) is 7.38. The number of hydrogen-bond donors (Lipinski definition) is 2. The number of carbonyl (C=O) groups is 1. The summed E-state index contributed by atoms with van der Waals surface area (Å²) in [6.45, 7) is 4.09. The van der Waals surface area contributed by atoms with Gasteiger partial charge in [-0.1, -0.05) is 54.6 Å². The van der Waals surface area contributed by atoms with E-state index in [1.54, 1.807) is 0 Å². The molecule has 1 aliphatic heterocycles. The van der Waals surface area contributed by atoms with Crippen LogP contribution in [0.3, 0.4) is 0 Å². The van der Waals surface area contributed by atoms with Crippen LogP contribution in [0.4, 0.5) is 0 Å². The van der Waals surface area contributed by atoms with E-state index in [9.17, 15) is 4.79 Å². The van der Waals surface area contributed by atoms with Crippen molar-refractivity contribution >= 4 is 5.91 Å². The number of likely N-dealkylation sites (tertiary alicyclic amines) is 1. The monoisotopic (exact) mass is 337 g/mol. The zero-order valence-corrected chi connectivity index (χ0v) is 14.8. The molecule has 4 heteroatoms. The molecule has 132 valence electrons. The van der Waals surface area contributed by atoms with Crippen molar-refractivity contribution in [2.24, 2.45) is 11.5 Å². The lowest BCUT2D eigenvalue weighted by Gasteiger charge is -2.36. The number of amides is 1. The molecule has 1 saturated heterocycles. The summed E-state index contributed by atoms with van der Waals surface area (Å²) in [7, 11) is 0. The summed E-state index contributed by atoms with van der Waals surface area (Å²) in [4.78, 5) is 15.3. The lowest BCUT2D eigenvalue weighted by molar-refractivity contribution is -0.133. The van der Waals surface area contributed by atoms with Gasteiger partial charge in [0.15, 0.2) is 0 Å². The van der Waals surface area contributed by atoms with Gasteiger partial charge in [-0.25, -0.2) is 0 Å². The third-order valence-corrected chi connectivity index (χ3v) is 5.21. The van der Waals surface area contributed by atoms with E-state index in [1.165, 1.54) is 0 Å². The average molecular weight is 337 g/mol. The SMILES string of the molecule is CC(N)(c1ccccc1)C(C(=O)N1CCCC1)c1ccc(CN)cc1. The topological polar surface area (TPSA) is 72.4 Å². The van der Waals surface area contributed by atoms with Crippen molar-refractivity contribution < 1.29 is 4.79 Å². The molecule has 0 aromatic heterocycles. The highest BCUT2D eigenvalue weighted by molar-refractivity contribution is 5.86. The molecule has 2 atom stereocenters. The van der Waals surface area contributed by atoms with E-state index in [0.29, 0.717) is 6.54 Å². The van der Waals surface area contributed by atoms with Crippen molar-refractivity contribution in [1.82, 2.24) is 4.90 Å². The Morgan fingerprint density at radius 3 is 2.24 bits per heavy atom. The maximum absolute atomic E-state index is 13.3. The molecule has 4 N–H and O–H groups in total. The Labute approximate surface area is 149 Å². The summed E-state index contributed by atoms with van der Waals surface area (Å²) in [5.41, 5.74) is 14.7. The van der Waals surface area contributed by atoms with Crippen LogP contribution in [0.1, 0.15) is 42.4 Å². The van der Waals surface area contributed by atoms with Crippen molar-refractivity contribution in [2.75, 3.05) is 13.1 Å². The molecule has 1 fully saturated rings. The molecule has 0 saturated carbocycles. The smallest absolute Gasteiger partial charge is 0.232 e. The predicted octanol–water partition coefficient (Wildman–Crippen LogP) is 2.73.